The zero-order chi connectivity index (χ0) is 12.4. The van der Waals surface area contributed by atoms with Gasteiger partial charge in [0.05, 0.1) is 7.11 Å². The molecule has 1 aliphatic heterocycles. The van der Waals surface area contributed by atoms with Crippen molar-refractivity contribution in [1.29, 1.82) is 0 Å². The van der Waals surface area contributed by atoms with Gasteiger partial charge in [-0.15, -0.1) is 0 Å². The van der Waals surface area contributed by atoms with Crippen molar-refractivity contribution in [2.75, 3.05) is 25.1 Å². The summed E-state index contributed by atoms with van der Waals surface area (Å²) < 4.78 is 5.16. The largest absolute Gasteiger partial charge is 0.497 e. The summed E-state index contributed by atoms with van der Waals surface area (Å²) >= 11 is 0. The molecular formula is C13H18N2O2. The minimum absolute atomic E-state index is 0.161. The fourth-order valence-corrected chi connectivity index (χ4v) is 2.23. The third-order valence-electron chi connectivity index (χ3n) is 3.23. The molecule has 0 radical (unpaired) electrons. The van der Waals surface area contributed by atoms with Crippen LogP contribution in [0.15, 0.2) is 18.2 Å². The molecular weight excluding hydrogens is 216 g/mol. The van der Waals surface area contributed by atoms with Gasteiger partial charge in [-0.05, 0) is 43.1 Å². The van der Waals surface area contributed by atoms with Gasteiger partial charge in [0.1, 0.15) is 5.75 Å². The minimum Gasteiger partial charge on any atom is -0.497 e. The van der Waals surface area contributed by atoms with E-state index in [-0.39, 0.29) is 11.8 Å². The Labute approximate surface area is 101 Å². The van der Waals surface area contributed by atoms with Crippen molar-refractivity contribution in [2.24, 2.45) is 11.7 Å². The van der Waals surface area contributed by atoms with Crippen molar-refractivity contribution >= 4 is 11.6 Å². The van der Waals surface area contributed by atoms with Gasteiger partial charge in [0.15, 0.2) is 0 Å². The second-order valence-electron chi connectivity index (χ2n) is 4.46. The number of carbonyl (C=O) groups is 1. The predicted molar refractivity (Wildman–Crippen MR) is 67.2 cm³/mol. The van der Waals surface area contributed by atoms with Crippen LogP contribution in [0.3, 0.4) is 0 Å². The van der Waals surface area contributed by atoms with Gasteiger partial charge in [-0.2, -0.15) is 0 Å². The van der Waals surface area contributed by atoms with Crippen LogP contribution >= 0.6 is 0 Å². The summed E-state index contributed by atoms with van der Waals surface area (Å²) in [6.45, 7) is 3.28. The first kappa shape index (κ1) is 11.9. The Morgan fingerprint density at radius 2 is 2.29 bits per heavy atom. The van der Waals surface area contributed by atoms with E-state index in [4.69, 9.17) is 10.5 Å². The van der Waals surface area contributed by atoms with Gasteiger partial charge in [-0.1, -0.05) is 0 Å². The fraction of sp³-hybridized carbons (Fsp3) is 0.462. The number of ether oxygens (including phenoxy) is 1. The summed E-state index contributed by atoms with van der Waals surface area (Å²) in [7, 11) is 1.64. The topological polar surface area (TPSA) is 55.6 Å². The highest BCUT2D eigenvalue weighted by molar-refractivity contribution is 5.96. The maximum atomic E-state index is 11.9. The van der Waals surface area contributed by atoms with Gasteiger partial charge in [0, 0.05) is 18.7 Å². The van der Waals surface area contributed by atoms with Crippen molar-refractivity contribution < 1.29 is 9.53 Å². The monoisotopic (exact) mass is 234 g/mol. The first-order valence-corrected chi connectivity index (χ1v) is 5.80. The first-order valence-electron chi connectivity index (χ1n) is 5.80. The van der Waals surface area contributed by atoms with Crippen LogP contribution in [0.4, 0.5) is 5.69 Å². The van der Waals surface area contributed by atoms with Gasteiger partial charge in [-0.3, -0.25) is 4.79 Å². The number of amides is 1. The number of nitrogens with zero attached hydrogens (tertiary/aromatic N) is 1. The number of methoxy groups -OCH3 is 1. The van der Waals surface area contributed by atoms with E-state index in [1.165, 1.54) is 0 Å². The minimum atomic E-state index is 0.161. The smallest absolute Gasteiger partial charge is 0.227 e. The predicted octanol–water partition coefficient (Wildman–Crippen LogP) is 1.32. The molecule has 0 saturated carbocycles. The first-order chi connectivity index (χ1) is 8.15. The molecule has 1 aromatic carbocycles. The summed E-state index contributed by atoms with van der Waals surface area (Å²) in [5.74, 6) is 1.26. The highest BCUT2D eigenvalue weighted by Gasteiger charge is 2.30. The van der Waals surface area contributed by atoms with Crippen molar-refractivity contribution in [2.45, 2.75) is 13.3 Å². The summed E-state index contributed by atoms with van der Waals surface area (Å²) in [6, 6.07) is 5.76. The van der Waals surface area contributed by atoms with Gasteiger partial charge < -0.3 is 15.4 Å². The highest BCUT2D eigenvalue weighted by atomic mass is 16.5. The molecule has 4 heteroatoms. The molecule has 1 fully saturated rings. The average Bonchev–Trinajstić information content (AvgIpc) is 2.70. The quantitative estimate of drug-likeness (QED) is 0.858. The van der Waals surface area contributed by atoms with E-state index in [2.05, 4.69) is 0 Å². The molecule has 0 spiro atoms. The molecule has 92 valence electrons. The van der Waals surface area contributed by atoms with Crippen molar-refractivity contribution in [3.63, 3.8) is 0 Å². The van der Waals surface area contributed by atoms with Gasteiger partial charge in [0.2, 0.25) is 5.91 Å². The maximum absolute atomic E-state index is 11.9. The zero-order valence-electron chi connectivity index (χ0n) is 10.3. The number of aryl methyl sites for hydroxylation is 1. The SMILES string of the molecule is COc1ccc(N2CC(CN)CC2=O)c(C)c1. The average molecular weight is 234 g/mol. The Morgan fingerprint density at radius 1 is 1.53 bits per heavy atom. The number of benzene rings is 1. The fourth-order valence-electron chi connectivity index (χ4n) is 2.23. The molecule has 1 heterocycles. The Morgan fingerprint density at radius 3 is 2.82 bits per heavy atom. The molecule has 1 atom stereocenters. The Bertz CT molecular complexity index is 431. The van der Waals surface area contributed by atoms with Crippen LogP contribution in [-0.4, -0.2) is 26.1 Å². The Kier molecular flexibility index (Phi) is 3.33. The molecule has 2 N–H and O–H groups in total. The molecule has 2 rings (SSSR count). The molecule has 1 unspecified atom stereocenters. The second kappa shape index (κ2) is 4.75. The summed E-state index contributed by atoms with van der Waals surface area (Å²) in [4.78, 5) is 13.7. The summed E-state index contributed by atoms with van der Waals surface area (Å²) in [6.07, 6.45) is 0.558. The van der Waals surface area contributed by atoms with Crippen LogP contribution in [0.5, 0.6) is 5.75 Å². The number of anilines is 1. The van der Waals surface area contributed by atoms with E-state index in [0.29, 0.717) is 13.0 Å². The number of nitrogens with two attached hydrogens (primary N) is 1. The van der Waals surface area contributed by atoms with E-state index in [1.807, 2.05) is 30.0 Å². The van der Waals surface area contributed by atoms with Crippen LogP contribution in [0.2, 0.25) is 0 Å². The molecule has 1 aromatic rings. The summed E-state index contributed by atoms with van der Waals surface area (Å²) in [5.41, 5.74) is 7.64. The lowest BCUT2D eigenvalue weighted by Gasteiger charge is -2.19. The Balaban J connectivity index is 2.26. The number of hydrogen-bond acceptors (Lipinski definition) is 3. The van der Waals surface area contributed by atoms with Crippen LogP contribution in [0.1, 0.15) is 12.0 Å². The molecule has 4 nitrogen and oxygen atoms in total. The third kappa shape index (κ3) is 2.26. The van der Waals surface area contributed by atoms with Crippen LogP contribution < -0.4 is 15.4 Å². The van der Waals surface area contributed by atoms with E-state index in [0.717, 1.165) is 23.5 Å². The lowest BCUT2D eigenvalue weighted by molar-refractivity contribution is -0.117. The molecule has 17 heavy (non-hydrogen) atoms. The maximum Gasteiger partial charge on any atom is 0.227 e. The van der Waals surface area contributed by atoms with Gasteiger partial charge in [0.25, 0.3) is 0 Å². The molecule has 0 bridgehead atoms. The molecule has 1 aliphatic rings. The standard InChI is InChI=1S/C13H18N2O2/c1-9-5-11(17-2)3-4-12(9)15-8-10(7-14)6-13(15)16/h3-5,10H,6-8,14H2,1-2H3. The lowest BCUT2D eigenvalue weighted by atomic mass is 10.1. The van der Waals surface area contributed by atoms with E-state index >= 15 is 0 Å². The lowest BCUT2D eigenvalue weighted by Crippen LogP contribution is -2.26. The zero-order valence-corrected chi connectivity index (χ0v) is 10.3. The van der Waals surface area contributed by atoms with Gasteiger partial charge >= 0.3 is 0 Å². The van der Waals surface area contributed by atoms with E-state index in [9.17, 15) is 4.79 Å². The normalized spacial score (nSPS) is 19.8. The molecule has 1 saturated heterocycles. The molecule has 0 aromatic heterocycles. The number of rotatable bonds is 3. The Hall–Kier alpha value is -1.55. The van der Waals surface area contributed by atoms with E-state index < -0.39 is 0 Å². The summed E-state index contributed by atoms with van der Waals surface area (Å²) in [5, 5.41) is 0. The third-order valence-corrected chi connectivity index (χ3v) is 3.23. The van der Waals surface area contributed by atoms with E-state index in [1.54, 1.807) is 7.11 Å². The van der Waals surface area contributed by atoms with Crippen LogP contribution in [0.25, 0.3) is 0 Å². The molecule has 0 aliphatic carbocycles. The number of carbonyl (C=O) groups excluding carboxylic acids is 1. The second-order valence-corrected chi connectivity index (χ2v) is 4.46. The molecule has 1 amide bonds. The number of hydrogen-bond donors (Lipinski definition) is 1. The van der Waals surface area contributed by atoms with Crippen LogP contribution in [-0.2, 0) is 4.79 Å². The van der Waals surface area contributed by atoms with Gasteiger partial charge in [-0.25, -0.2) is 0 Å². The van der Waals surface area contributed by atoms with Crippen molar-refractivity contribution in [3.8, 4) is 5.75 Å². The van der Waals surface area contributed by atoms with Crippen LogP contribution in [0, 0.1) is 12.8 Å². The highest BCUT2D eigenvalue weighted by Crippen LogP contribution is 2.29. The van der Waals surface area contributed by atoms with Crippen molar-refractivity contribution in [1.82, 2.24) is 0 Å². The van der Waals surface area contributed by atoms with Crippen molar-refractivity contribution in [3.05, 3.63) is 23.8 Å².